The molecule has 0 heterocycles. The Morgan fingerprint density at radius 3 is 2.37 bits per heavy atom. The molecule has 1 aromatic carbocycles. The van der Waals surface area contributed by atoms with Gasteiger partial charge < -0.3 is 10.4 Å². The first-order valence-electron chi connectivity index (χ1n) is 6.29. The fourth-order valence-electron chi connectivity index (χ4n) is 1.69. The van der Waals surface area contributed by atoms with Gasteiger partial charge in [0.15, 0.2) is 0 Å². The second-order valence-electron chi connectivity index (χ2n) is 4.29. The van der Waals surface area contributed by atoms with Crippen LogP contribution in [-0.2, 0) is 4.79 Å². The number of non-ortho nitro benzene ring substituents is 1. The van der Waals surface area contributed by atoms with Crippen LogP contribution in [0.3, 0.4) is 0 Å². The molecule has 0 atom stereocenters. The van der Waals surface area contributed by atoms with Crippen molar-refractivity contribution in [1.29, 1.82) is 0 Å². The van der Waals surface area contributed by atoms with Crippen LogP contribution in [0.1, 0.15) is 32.1 Å². The number of hydrogen-bond acceptors (Lipinski definition) is 4. The number of anilines is 1. The Hall–Kier alpha value is -2.11. The Kier molecular flexibility index (Phi) is 6.35. The van der Waals surface area contributed by atoms with Gasteiger partial charge in [0.25, 0.3) is 5.69 Å². The zero-order valence-electron chi connectivity index (χ0n) is 10.7. The van der Waals surface area contributed by atoms with Gasteiger partial charge in [-0.3, -0.25) is 14.9 Å². The molecule has 0 unspecified atom stereocenters. The van der Waals surface area contributed by atoms with Gasteiger partial charge in [0.1, 0.15) is 0 Å². The second-order valence-corrected chi connectivity index (χ2v) is 4.29. The number of aliphatic carboxylic acids is 1. The highest BCUT2D eigenvalue weighted by Crippen LogP contribution is 2.15. The van der Waals surface area contributed by atoms with Crippen LogP contribution in [-0.4, -0.2) is 22.5 Å². The third kappa shape index (κ3) is 6.40. The minimum absolute atomic E-state index is 0.0826. The molecule has 0 radical (unpaired) electrons. The van der Waals surface area contributed by atoms with Gasteiger partial charge in [-0.2, -0.15) is 0 Å². The summed E-state index contributed by atoms with van der Waals surface area (Å²) in [4.78, 5) is 20.3. The minimum atomic E-state index is -0.746. The van der Waals surface area contributed by atoms with Gasteiger partial charge in [-0.25, -0.2) is 0 Å². The van der Waals surface area contributed by atoms with Crippen molar-refractivity contribution < 1.29 is 14.8 Å². The monoisotopic (exact) mass is 266 g/mol. The van der Waals surface area contributed by atoms with Crippen molar-refractivity contribution in [3.8, 4) is 0 Å². The second kappa shape index (κ2) is 8.07. The molecule has 0 amide bonds. The molecule has 0 aliphatic rings. The number of nitro groups is 1. The number of carboxylic acid groups (broad SMARTS) is 1. The highest BCUT2D eigenvalue weighted by Gasteiger charge is 2.03. The lowest BCUT2D eigenvalue weighted by molar-refractivity contribution is -0.384. The fourth-order valence-corrected chi connectivity index (χ4v) is 1.69. The predicted octanol–water partition coefficient (Wildman–Crippen LogP) is 3.04. The highest BCUT2D eigenvalue weighted by atomic mass is 16.6. The van der Waals surface area contributed by atoms with Gasteiger partial charge in [0, 0.05) is 30.8 Å². The van der Waals surface area contributed by atoms with E-state index in [9.17, 15) is 14.9 Å². The first-order chi connectivity index (χ1) is 9.09. The zero-order chi connectivity index (χ0) is 14.1. The van der Waals surface area contributed by atoms with E-state index in [-0.39, 0.29) is 12.1 Å². The SMILES string of the molecule is O=C(O)CCCCCCNc1ccc([N+](=O)[O-])cc1. The summed E-state index contributed by atoms with van der Waals surface area (Å²) in [7, 11) is 0. The zero-order valence-corrected chi connectivity index (χ0v) is 10.7. The van der Waals surface area contributed by atoms with Crippen molar-refractivity contribution >= 4 is 17.3 Å². The molecule has 0 spiro atoms. The number of nitrogens with zero attached hydrogens (tertiary/aromatic N) is 1. The molecule has 0 aliphatic heterocycles. The van der Waals surface area contributed by atoms with Crippen molar-refractivity contribution in [2.45, 2.75) is 32.1 Å². The highest BCUT2D eigenvalue weighted by molar-refractivity contribution is 5.66. The lowest BCUT2D eigenvalue weighted by Gasteiger charge is -2.05. The first-order valence-corrected chi connectivity index (χ1v) is 6.29. The summed E-state index contributed by atoms with van der Waals surface area (Å²) in [6.45, 7) is 0.783. The average Bonchev–Trinajstić information content (AvgIpc) is 2.38. The third-order valence-corrected chi connectivity index (χ3v) is 2.72. The molecule has 19 heavy (non-hydrogen) atoms. The van der Waals surface area contributed by atoms with Crippen LogP contribution in [0.5, 0.6) is 0 Å². The number of carboxylic acids is 1. The number of hydrogen-bond donors (Lipinski definition) is 2. The molecule has 0 fully saturated rings. The molecular formula is C13H18N2O4. The quantitative estimate of drug-likeness (QED) is 0.407. The van der Waals surface area contributed by atoms with Gasteiger partial charge in [-0.15, -0.1) is 0 Å². The minimum Gasteiger partial charge on any atom is -0.481 e. The van der Waals surface area contributed by atoms with E-state index >= 15 is 0 Å². The van der Waals surface area contributed by atoms with Gasteiger partial charge in [0.05, 0.1) is 4.92 Å². The number of nitro benzene ring substituents is 1. The number of benzene rings is 1. The Labute approximate surface area is 111 Å². The summed E-state index contributed by atoms with van der Waals surface area (Å²) >= 11 is 0. The van der Waals surface area contributed by atoms with Crippen LogP contribution < -0.4 is 5.32 Å². The normalized spacial score (nSPS) is 10.1. The first kappa shape index (κ1) is 14.9. The Bertz CT molecular complexity index is 417. The van der Waals surface area contributed by atoms with Gasteiger partial charge in [0.2, 0.25) is 0 Å². The van der Waals surface area contributed by atoms with Crippen molar-refractivity contribution in [1.82, 2.24) is 0 Å². The van der Waals surface area contributed by atoms with Crippen LogP contribution in [0.2, 0.25) is 0 Å². The van der Waals surface area contributed by atoms with E-state index in [2.05, 4.69) is 5.32 Å². The topological polar surface area (TPSA) is 92.5 Å². The number of nitrogens with one attached hydrogen (secondary N) is 1. The lowest BCUT2D eigenvalue weighted by Crippen LogP contribution is -2.01. The van der Waals surface area contributed by atoms with Crippen molar-refractivity contribution in [2.24, 2.45) is 0 Å². The van der Waals surface area contributed by atoms with Crippen LogP contribution in [0.25, 0.3) is 0 Å². The van der Waals surface area contributed by atoms with E-state index in [0.717, 1.165) is 31.5 Å². The van der Waals surface area contributed by atoms with Gasteiger partial charge >= 0.3 is 5.97 Å². The van der Waals surface area contributed by atoms with Crippen molar-refractivity contribution in [3.05, 3.63) is 34.4 Å². The maximum Gasteiger partial charge on any atom is 0.303 e. The molecule has 6 nitrogen and oxygen atoms in total. The van der Waals surface area contributed by atoms with Crippen molar-refractivity contribution in [2.75, 3.05) is 11.9 Å². The number of rotatable bonds is 9. The third-order valence-electron chi connectivity index (χ3n) is 2.72. The Balaban J connectivity index is 2.12. The molecular weight excluding hydrogens is 248 g/mol. The number of unbranched alkanes of at least 4 members (excludes halogenated alkanes) is 3. The van der Waals surface area contributed by atoms with Crippen molar-refractivity contribution in [3.63, 3.8) is 0 Å². The maximum atomic E-state index is 10.5. The van der Waals surface area contributed by atoms with Crippen LogP contribution in [0.15, 0.2) is 24.3 Å². The van der Waals surface area contributed by atoms with E-state index in [0.29, 0.717) is 6.42 Å². The molecule has 6 heteroatoms. The Morgan fingerprint density at radius 2 is 1.79 bits per heavy atom. The smallest absolute Gasteiger partial charge is 0.303 e. The largest absolute Gasteiger partial charge is 0.481 e. The molecule has 1 aromatic rings. The average molecular weight is 266 g/mol. The van der Waals surface area contributed by atoms with E-state index in [1.807, 2.05) is 0 Å². The van der Waals surface area contributed by atoms with Crippen LogP contribution in [0, 0.1) is 10.1 Å². The molecule has 104 valence electrons. The molecule has 0 saturated carbocycles. The summed E-state index contributed by atoms with van der Waals surface area (Å²) in [5.74, 6) is -0.746. The summed E-state index contributed by atoms with van der Waals surface area (Å²) in [6.07, 6.45) is 3.79. The lowest BCUT2D eigenvalue weighted by atomic mass is 10.1. The summed E-state index contributed by atoms with van der Waals surface area (Å²) in [5, 5.41) is 22.1. The fraction of sp³-hybridized carbons (Fsp3) is 0.462. The van der Waals surface area contributed by atoms with Crippen LogP contribution >= 0.6 is 0 Å². The van der Waals surface area contributed by atoms with E-state index < -0.39 is 10.9 Å². The molecule has 0 saturated heterocycles. The Morgan fingerprint density at radius 1 is 1.16 bits per heavy atom. The predicted molar refractivity (Wildman–Crippen MR) is 72.3 cm³/mol. The van der Waals surface area contributed by atoms with E-state index in [1.165, 1.54) is 12.1 Å². The molecule has 0 bridgehead atoms. The van der Waals surface area contributed by atoms with Crippen LogP contribution in [0.4, 0.5) is 11.4 Å². The molecule has 0 aromatic heterocycles. The molecule has 0 aliphatic carbocycles. The van der Waals surface area contributed by atoms with Gasteiger partial charge in [-0.05, 0) is 25.0 Å². The van der Waals surface area contributed by atoms with E-state index in [4.69, 9.17) is 5.11 Å². The summed E-state index contributed by atoms with van der Waals surface area (Å²) in [6, 6.07) is 6.30. The van der Waals surface area contributed by atoms with E-state index in [1.54, 1.807) is 12.1 Å². The number of carbonyl (C=O) groups is 1. The molecule has 2 N–H and O–H groups in total. The molecule has 1 rings (SSSR count). The summed E-state index contributed by atoms with van der Waals surface area (Å²) in [5.41, 5.74) is 0.940. The van der Waals surface area contributed by atoms with Gasteiger partial charge in [-0.1, -0.05) is 12.8 Å². The maximum absolute atomic E-state index is 10.5. The summed E-state index contributed by atoms with van der Waals surface area (Å²) < 4.78 is 0. The standard InChI is InChI=1S/C13H18N2O4/c16-13(17)5-3-1-2-4-10-14-11-6-8-12(9-7-11)15(18)19/h6-9,14H,1-5,10H2,(H,16,17).